The van der Waals surface area contributed by atoms with E-state index in [1.165, 1.54) is 23.5 Å². The monoisotopic (exact) mass is 367 g/mol. The lowest BCUT2D eigenvalue weighted by molar-refractivity contribution is 0.103. The Morgan fingerprint density at radius 3 is 2.65 bits per heavy atom. The van der Waals surface area contributed by atoms with Gasteiger partial charge in [-0.15, -0.1) is 11.3 Å². The molecule has 0 saturated carbocycles. The molecular weight excluding hydrogens is 349 g/mol. The number of aromatic nitrogens is 1. The molecule has 0 bridgehead atoms. The first-order valence-electron chi connectivity index (χ1n) is 8.57. The molecule has 1 saturated heterocycles. The van der Waals surface area contributed by atoms with Crippen molar-refractivity contribution in [3.8, 4) is 10.6 Å². The number of nitrogens with one attached hydrogen (secondary N) is 1. The molecule has 1 N–H and O–H groups in total. The van der Waals surface area contributed by atoms with Crippen LogP contribution >= 0.6 is 11.3 Å². The van der Waals surface area contributed by atoms with Crippen molar-refractivity contribution in [1.29, 1.82) is 0 Å². The molecule has 2 heterocycles. The molecule has 1 amide bonds. The molecule has 0 spiro atoms. The zero-order valence-electron chi connectivity index (χ0n) is 14.1. The van der Waals surface area contributed by atoms with E-state index in [9.17, 15) is 9.18 Å². The third kappa shape index (κ3) is 3.60. The molecule has 2 aromatic carbocycles. The van der Waals surface area contributed by atoms with Gasteiger partial charge < -0.3 is 10.2 Å². The van der Waals surface area contributed by atoms with Gasteiger partial charge in [-0.2, -0.15) is 0 Å². The number of thiazole rings is 1. The Labute approximate surface area is 155 Å². The molecule has 6 heteroatoms. The van der Waals surface area contributed by atoms with Crippen molar-refractivity contribution in [2.45, 2.75) is 12.8 Å². The van der Waals surface area contributed by atoms with E-state index in [0.29, 0.717) is 10.6 Å². The van der Waals surface area contributed by atoms with Crippen molar-refractivity contribution in [2.75, 3.05) is 23.3 Å². The highest BCUT2D eigenvalue weighted by Crippen LogP contribution is 2.28. The number of halogens is 1. The summed E-state index contributed by atoms with van der Waals surface area (Å²) < 4.78 is 14.0. The van der Waals surface area contributed by atoms with Crippen molar-refractivity contribution in [3.63, 3.8) is 0 Å². The minimum absolute atomic E-state index is 0.275. The fourth-order valence-electron chi connectivity index (χ4n) is 3.09. The smallest absolute Gasteiger partial charge is 0.267 e. The fraction of sp³-hybridized carbons (Fsp3) is 0.200. The summed E-state index contributed by atoms with van der Waals surface area (Å²) in [4.78, 5) is 19.5. The van der Waals surface area contributed by atoms with Crippen molar-refractivity contribution in [3.05, 3.63) is 65.4 Å². The van der Waals surface area contributed by atoms with E-state index in [-0.39, 0.29) is 11.7 Å². The third-order valence-corrected chi connectivity index (χ3v) is 5.41. The molecule has 0 radical (unpaired) electrons. The number of carbonyl (C=O) groups is 1. The van der Waals surface area contributed by atoms with Gasteiger partial charge in [0.15, 0.2) is 0 Å². The number of hydrogen-bond donors (Lipinski definition) is 1. The van der Waals surface area contributed by atoms with Gasteiger partial charge in [-0.05, 0) is 31.0 Å². The molecule has 1 aromatic heterocycles. The van der Waals surface area contributed by atoms with Gasteiger partial charge in [-0.3, -0.25) is 4.79 Å². The second kappa shape index (κ2) is 7.25. The molecule has 0 aliphatic carbocycles. The van der Waals surface area contributed by atoms with Crippen LogP contribution in [0.2, 0.25) is 0 Å². The van der Waals surface area contributed by atoms with Crippen LogP contribution in [-0.4, -0.2) is 24.0 Å². The van der Waals surface area contributed by atoms with E-state index in [2.05, 4.69) is 15.2 Å². The van der Waals surface area contributed by atoms with Gasteiger partial charge in [0.25, 0.3) is 5.91 Å². The number of carbonyl (C=O) groups excluding carboxylic acids is 1. The predicted octanol–water partition coefficient (Wildman–Crippen LogP) is 4.80. The van der Waals surface area contributed by atoms with Crippen LogP contribution in [0.15, 0.2) is 54.7 Å². The molecule has 26 heavy (non-hydrogen) atoms. The Kier molecular flexibility index (Phi) is 4.67. The number of rotatable bonds is 4. The van der Waals surface area contributed by atoms with Crippen molar-refractivity contribution in [2.24, 2.45) is 0 Å². The third-order valence-electron chi connectivity index (χ3n) is 4.36. The van der Waals surface area contributed by atoms with Gasteiger partial charge in [0.2, 0.25) is 0 Å². The van der Waals surface area contributed by atoms with Crippen LogP contribution in [0.3, 0.4) is 0 Å². The lowest BCUT2D eigenvalue weighted by Crippen LogP contribution is -2.18. The van der Waals surface area contributed by atoms with Crippen LogP contribution in [0, 0.1) is 5.82 Å². The molecule has 0 atom stereocenters. The lowest BCUT2D eigenvalue weighted by Gasteiger charge is -2.18. The first-order chi connectivity index (χ1) is 12.7. The first-order valence-corrected chi connectivity index (χ1v) is 9.39. The highest BCUT2D eigenvalue weighted by molar-refractivity contribution is 7.17. The fourth-order valence-corrected chi connectivity index (χ4v) is 3.91. The van der Waals surface area contributed by atoms with E-state index in [4.69, 9.17) is 0 Å². The second-order valence-electron chi connectivity index (χ2n) is 6.24. The van der Waals surface area contributed by atoms with Crippen molar-refractivity contribution in [1.82, 2.24) is 4.98 Å². The zero-order valence-corrected chi connectivity index (χ0v) is 14.9. The number of amides is 1. The Morgan fingerprint density at radius 2 is 1.88 bits per heavy atom. The highest BCUT2D eigenvalue weighted by atomic mass is 32.1. The number of anilines is 2. The SMILES string of the molecule is O=C(Nc1cc(F)cc(N2CCCC2)c1)c1cnc(-c2ccccc2)s1. The molecular formula is C20H18FN3OS. The van der Waals surface area contributed by atoms with Crippen LogP contribution in [0.1, 0.15) is 22.5 Å². The Hall–Kier alpha value is -2.73. The molecule has 4 nitrogen and oxygen atoms in total. The Morgan fingerprint density at radius 1 is 1.12 bits per heavy atom. The number of benzene rings is 2. The molecule has 4 rings (SSSR count). The largest absolute Gasteiger partial charge is 0.371 e. The van der Waals surface area contributed by atoms with E-state index < -0.39 is 0 Å². The highest BCUT2D eigenvalue weighted by Gasteiger charge is 2.16. The predicted molar refractivity (Wildman–Crippen MR) is 103 cm³/mol. The van der Waals surface area contributed by atoms with E-state index in [1.807, 2.05) is 36.4 Å². The quantitative estimate of drug-likeness (QED) is 0.720. The molecule has 1 aliphatic rings. The molecule has 132 valence electrons. The van der Waals surface area contributed by atoms with Crippen molar-refractivity contribution >= 4 is 28.6 Å². The number of hydrogen-bond acceptors (Lipinski definition) is 4. The van der Waals surface area contributed by atoms with Gasteiger partial charge in [0.1, 0.15) is 15.7 Å². The van der Waals surface area contributed by atoms with Gasteiger partial charge in [-0.1, -0.05) is 30.3 Å². The average molecular weight is 367 g/mol. The summed E-state index contributed by atoms with van der Waals surface area (Å²) in [6.07, 6.45) is 3.78. The van der Waals surface area contributed by atoms with Gasteiger partial charge in [0, 0.05) is 30.0 Å². The summed E-state index contributed by atoms with van der Waals surface area (Å²) in [5, 5.41) is 3.58. The first kappa shape index (κ1) is 16.7. The summed E-state index contributed by atoms with van der Waals surface area (Å²) in [7, 11) is 0. The number of nitrogens with zero attached hydrogens (tertiary/aromatic N) is 2. The van der Waals surface area contributed by atoms with Crippen LogP contribution in [0.5, 0.6) is 0 Å². The van der Waals surface area contributed by atoms with E-state index in [0.717, 1.165) is 42.2 Å². The van der Waals surface area contributed by atoms with E-state index >= 15 is 0 Å². The summed E-state index contributed by atoms with van der Waals surface area (Å²) >= 11 is 1.32. The van der Waals surface area contributed by atoms with Crippen LogP contribution < -0.4 is 10.2 Å². The zero-order chi connectivity index (χ0) is 17.9. The average Bonchev–Trinajstić information content (AvgIpc) is 3.34. The minimum atomic E-state index is -0.348. The Balaban J connectivity index is 1.52. The summed E-state index contributed by atoms with van der Waals surface area (Å²) in [5.41, 5.74) is 2.25. The maximum atomic E-state index is 14.0. The molecule has 0 unspecified atom stereocenters. The van der Waals surface area contributed by atoms with Gasteiger partial charge in [0.05, 0.1) is 6.20 Å². The minimum Gasteiger partial charge on any atom is -0.371 e. The van der Waals surface area contributed by atoms with Crippen molar-refractivity contribution < 1.29 is 9.18 Å². The lowest BCUT2D eigenvalue weighted by atomic mass is 10.2. The van der Waals surface area contributed by atoms with Crippen LogP contribution in [0.4, 0.5) is 15.8 Å². The standard InChI is InChI=1S/C20H18FN3OS/c21-15-10-16(12-17(11-15)24-8-4-5-9-24)23-19(25)18-13-22-20(26-18)14-6-2-1-3-7-14/h1-3,6-7,10-13H,4-5,8-9H2,(H,23,25). The summed E-state index contributed by atoms with van der Waals surface area (Å²) in [6, 6.07) is 14.4. The molecule has 1 fully saturated rings. The summed E-state index contributed by atoms with van der Waals surface area (Å²) in [5.74, 6) is -0.623. The molecule has 1 aliphatic heterocycles. The van der Waals surface area contributed by atoms with Gasteiger partial charge in [-0.25, -0.2) is 9.37 Å². The Bertz CT molecular complexity index is 920. The summed E-state index contributed by atoms with van der Waals surface area (Å²) in [6.45, 7) is 1.85. The maximum absolute atomic E-state index is 14.0. The van der Waals surface area contributed by atoms with Crippen LogP contribution in [-0.2, 0) is 0 Å². The van der Waals surface area contributed by atoms with Crippen LogP contribution in [0.25, 0.3) is 10.6 Å². The topological polar surface area (TPSA) is 45.2 Å². The van der Waals surface area contributed by atoms with E-state index in [1.54, 1.807) is 6.20 Å². The molecule has 3 aromatic rings. The normalized spacial score (nSPS) is 13.8. The second-order valence-corrected chi connectivity index (χ2v) is 7.27. The van der Waals surface area contributed by atoms with Gasteiger partial charge >= 0.3 is 0 Å². The maximum Gasteiger partial charge on any atom is 0.267 e.